The summed E-state index contributed by atoms with van der Waals surface area (Å²) < 4.78 is 0. The van der Waals surface area contributed by atoms with E-state index in [0.29, 0.717) is 0 Å². The van der Waals surface area contributed by atoms with Gasteiger partial charge in [0.25, 0.3) is 0 Å². The van der Waals surface area contributed by atoms with Gasteiger partial charge >= 0.3 is 0 Å². The zero-order valence-corrected chi connectivity index (χ0v) is 11.5. The summed E-state index contributed by atoms with van der Waals surface area (Å²) in [7, 11) is 0. The lowest BCUT2D eigenvalue weighted by atomic mass is 9.85. The molecule has 1 aromatic heterocycles. The van der Waals surface area contributed by atoms with Crippen LogP contribution in [0.4, 0.5) is 11.4 Å². The highest BCUT2D eigenvalue weighted by molar-refractivity contribution is 5.98. The highest BCUT2D eigenvalue weighted by Crippen LogP contribution is 2.33. The van der Waals surface area contributed by atoms with E-state index in [-0.39, 0.29) is 0 Å². The maximum Gasteiger partial charge on any atom is 0.0955 e. The Balaban J connectivity index is 2.00. The normalized spacial score (nSPS) is 15.4. The first-order valence-corrected chi connectivity index (χ1v) is 7.17. The predicted molar refractivity (Wildman–Crippen MR) is 81.4 cm³/mol. The molecule has 2 N–H and O–H groups in total. The van der Waals surface area contributed by atoms with Crippen molar-refractivity contribution in [2.75, 3.05) is 23.7 Å². The molecule has 0 atom stereocenters. The number of hydrogen-bond donors (Lipinski definition) is 1. The highest BCUT2D eigenvalue weighted by Gasteiger charge is 2.21. The van der Waals surface area contributed by atoms with Crippen molar-refractivity contribution >= 4 is 22.3 Å². The molecule has 0 aliphatic heterocycles. The van der Waals surface area contributed by atoms with Crippen molar-refractivity contribution in [3.8, 4) is 0 Å². The first kappa shape index (κ1) is 12.3. The third kappa shape index (κ3) is 2.25. The molecule has 0 amide bonds. The van der Waals surface area contributed by atoms with E-state index in [2.05, 4.69) is 28.9 Å². The van der Waals surface area contributed by atoms with E-state index in [9.17, 15) is 0 Å². The van der Waals surface area contributed by atoms with Gasteiger partial charge in [-0.25, -0.2) is 0 Å². The minimum Gasteiger partial charge on any atom is -0.398 e. The molecule has 3 nitrogen and oxygen atoms in total. The molecule has 1 aliphatic carbocycles. The number of benzene rings is 1. The summed E-state index contributed by atoms with van der Waals surface area (Å²) >= 11 is 0. The quantitative estimate of drug-likeness (QED) is 0.851. The predicted octanol–water partition coefficient (Wildman–Crippen LogP) is 3.44. The van der Waals surface area contributed by atoms with Crippen molar-refractivity contribution in [1.29, 1.82) is 0 Å². The molecule has 1 fully saturated rings. The molecule has 0 saturated heterocycles. The zero-order valence-electron chi connectivity index (χ0n) is 11.5. The lowest BCUT2D eigenvalue weighted by Gasteiger charge is -2.33. The van der Waals surface area contributed by atoms with Crippen molar-refractivity contribution < 1.29 is 0 Å². The van der Waals surface area contributed by atoms with E-state index in [1.54, 1.807) is 0 Å². The molecule has 1 aliphatic rings. The second kappa shape index (κ2) is 5.08. The van der Waals surface area contributed by atoms with Gasteiger partial charge in [0.2, 0.25) is 0 Å². The number of aromatic nitrogens is 1. The van der Waals surface area contributed by atoms with Gasteiger partial charge in [-0.05, 0) is 49.9 Å². The van der Waals surface area contributed by atoms with E-state index in [1.807, 2.05) is 18.3 Å². The number of nitrogens with two attached hydrogens (primary N) is 1. The first-order valence-electron chi connectivity index (χ1n) is 7.17. The summed E-state index contributed by atoms with van der Waals surface area (Å²) in [4.78, 5) is 6.98. The Kier molecular flexibility index (Phi) is 3.28. The second-order valence-corrected chi connectivity index (χ2v) is 5.41. The maximum atomic E-state index is 6.05. The SMILES string of the molecule is CCN(CC1CCC1)c1ccc(N)c2cccnc12. The number of rotatable bonds is 4. The summed E-state index contributed by atoms with van der Waals surface area (Å²) in [6, 6.07) is 8.12. The molecule has 3 heteroatoms. The average molecular weight is 255 g/mol. The monoisotopic (exact) mass is 255 g/mol. The Morgan fingerprint density at radius 3 is 2.84 bits per heavy atom. The first-order chi connectivity index (χ1) is 9.29. The summed E-state index contributed by atoms with van der Waals surface area (Å²) in [5.74, 6) is 0.858. The Labute approximate surface area is 114 Å². The van der Waals surface area contributed by atoms with Gasteiger partial charge in [-0.15, -0.1) is 0 Å². The number of fused-ring (bicyclic) bond motifs is 1. The standard InChI is InChI=1S/C16H21N3/c1-2-19(11-12-5-3-6-12)15-9-8-14(17)13-7-4-10-18-16(13)15/h4,7-10,12H,2-3,5-6,11,17H2,1H3. The van der Waals surface area contributed by atoms with Gasteiger partial charge < -0.3 is 10.6 Å². The van der Waals surface area contributed by atoms with Crippen LogP contribution in [0.1, 0.15) is 26.2 Å². The fourth-order valence-electron chi connectivity index (χ4n) is 2.82. The lowest BCUT2D eigenvalue weighted by molar-refractivity contribution is 0.318. The van der Waals surface area contributed by atoms with Crippen molar-refractivity contribution in [2.45, 2.75) is 26.2 Å². The fourth-order valence-corrected chi connectivity index (χ4v) is 2.82. The highest BCUT2D eigenvalue weighted by atomic mass is 15.1. The molecule has 1 heterocycles. The molecule has 0 unspecified atom stereocenters. The number of anilines is 2. The van der Waals surface area contributed by atoms with E-state index in [4.69, 9.17) is 5.73 Å². The minimum atomic E-state index is 0.812. The lowest BCUT2D eigenvalue weighted by Crippen LogP contribution is -2.32. The van der Waals surface area contributed by atoms with E-state index < -0.39 is 0 Å². The van der Waals surface area contributed by atoms with Gasteiger partial charge in [0.05, 0.1) is 11.2 Å². The smallest absolute Gasteiger partial charge is 0.0955 e. The van der Waals surface area contributed by atoms with Gasteiger partial charge in [-0.3, -0.25) is 4.98 Å². The van der Waals surface area contributed by atoms with E-state index in [0.717, 1.165) is 35.6 Å². The van der Waals surface area contributed by atoms with Crippen LogP contribution in [0.5, 0.6) is 0 Å². The molecular weight excluding hydrogens is 234 g/mol. The Hall–Kier alpha value is -1.77. The van der Waals surface area contributed by atoms with Crippen LogP contribution >= 0.6 is 0 Å². The minimum absolute atomic E-state index is 0.812. The maximum absolute atomic E-state index is 6.05. The van der Waals surface area contributed by atoms with Crippen molar-refractivity contribution in [1.82, 2.24) is 4.98 Å². The third-order valence-corrected chi connectivity index (χ3v) is 4.21. The molecule has 0 radical (unpaired) electrons. The zero-order chi connectivity index (χ0) is 13.2. The summed E-state index contributed by atoms with van der Waals surface area (Å²) in [6.45, 7) is 4.38. The Morgan fingerprint density at radius 2 is 2.16 bits per heavy atom. The van der Waals surface area contributed by atoms with Gasteiger partial charge in [0, 0.05) is 30.4 Å². The molecule has 1 saturated carbocycles. The number of pyridine rings is 1. The summed E-state index contributed by atoms with van der Waals surface area (Å²) in [5.41, 5.74) is 9.11. The van der Waals surface area contributed by atoms with Gasteiger partial charge in [-0.2, -0.15) is 0 Å². The number of nitrogens with zero attached hydrogens (tertiary/aromatic N) is 2. The van der Waals surface area contributed by atoms with Crippen LogP contribution in [0.3, 0.4) is 0 Å². The molecule has 3 rings (SSSR count). The van der Waals surface area contributed by atoms with Crippen LogP contribution in [0.25, 0.3) is 10.9 Å². The van der Waals surface area contributed by atoms with Crippen molar-refractivity contribution in [2.24, 2.45) is 5.92 Å². The summed E-state index contributed by atoms with van der Waals surface area (Å²) in [6.07, 6.45) is 5.99. The molecule has 19 heavy (non-hydrogen) atoms. The van der Waals surface area contributed by atoms with Crippen LogP contribution in [-0.2, 0) is 0 Å². The third-order valence-electron chi connectivity index (χ3n) is 4.21. The molecular formula is C16H21N3. The molecule has 0 bridgehead atoms. The Bertz CT molecular complexity index is 575. The van der Waals surface area contributed by atoms with Crippen molar-refractivity contribution in [3.05, 3.63) is 30.5 Å². The molecule has 100 valence electrons. The second-order valence-electron chi connectivity index (χ2n) is 5.41. The van der Waals surface area contributed by atoms with Crippen LogP contribution in [-0.4, -0.2) is 18.1 Å². The topological polar surface area (TPSA) is 42.1 Å². The molecule has 2 aromatic rings. The molecule has 0 spiro atoms. The average Bonchev–Trinajstić information content (AvgIpc) is 2.40. The largest absolute Gasteiger partial charge is 0.398 e. The van der Waals surface area contributed by atoms with Gasteiger partial charge in [0.15, 0.2) is 0 Å². The van der Waals surface area contributed by atoms with E-state index >= 15 is 0 Å². The van der Waals surface area contributed by atoms with Crippen LogP contribution in [0.2, 0.25) is 0 Å². The van der Waals surface area contributed by atoms with Crippen LogP contribution < -0.4 is 10.6 Å². The molecule has 1 aromatic carbocycles. The Morgan fingerprint density at radius 1 is 1.32 bits per heavy atom. The fraction of sp³-hybridized carbons (Fsp3) is 0.438. The van der Waals surface area contributed by atoms with E-state index in [1.165, 1.54) is 24.9 Å². The van der Waals surface area contributed by atoms with Crippen LogP contribution in [0, 0.1) is 5.92 Å². The van der Waals surface area contributed by atoms with Crippen molar-refractivity contribution in [3.63, 3.8) is 0 Å². The van der Waals surface area contributed by atoms with Gasteiger partial charge in [-0.1, -0.05) is 6.42 Å². The number of nitrogen functional groups attached to an aromatic ring is 1. The number of hydrogen-bond acceptors (Lipinski definition) is 3. The van der Waals surface area contributed by atoms with Gasteiger partial charge in [0.1, 0.15) is 0 Å². The van der Waals surface area contributed by atoms with Crippen LogP contribution in [0.15, 0.2) is 30.5 Å². The summed E-state index contributed by atoms with van der Waals surface area (Å²) in [5, 5.41) is 1.06.